The number of benzene rings is 1. The third-order valence-corrected chi connectivity index (χ3v) is 5.82. The molecule has 21 heavy (non-hydrogen) atoms. The lowest BCUT2D eigenvalue weighted by Crippen LogP contribution is -2.46. The molecule has 2 nitrogen and oxygen atoms in total. The van der Waals surface area contributed by atoms with Crippen LogP contribution in [0, 0.1) is 18.8 Å². The standard InChI is InChI=1S/C19H27NO/c1-13-9-10-17-16(12-13)19-15(8-5-11-21-19)18(20-17)14-6-3-2-4-7-14/h9-10,12,14-15,18-20H,2-8,11H2,1H3. The van der Waals surface area contributed by atoms with Crippen molar-refractivity contribution in [3.63, 3.8) is 0 Å². The van der Waals surface area contributed by atoms with Gasteiger partial charge in [0.2, 0.25) is 0 Å². The summed E-state index contributed by atoms with van der Waals surface area (Å²) in [6.07, 6.45) is 9.97. The topological polar surface area (TPSA) is 21.3 Å². The Morgan fingerprint density at radius 3 is 2.76 bits per heavy atom. The number of nitrogens with one attached hydrogen (secondary N) is 1. The summed E-state index contributed by atoms with van der Waals surface area (Å²) < 4.78 is 6.24. The first-order valence-electron chi connectivity index (χ1n) is 8.81. The summed E-state index contributed by atoms with van der Waals surface area (Å²) in [4.78, 5) is 0. The summed E-state index contributed by atoms with van der Waals surface area (Å²) in [5.41, 5.74) is 4.09. The number of hydrogen-bond donors (Lipinski definition) is 1. The van der Waals surface area contributed by atoms with E-state index in [0.29, 0.717) is 18.1 Å². The molecular weight excluding hydrogens is 258 g/mol. The van der Waals surface area contributed by atoms with Crippen molar-refractivity contribution in [1.82, 2.24) is 0 Å². The summed E-state index contributed by atoms with van der Waals surface area (Å²) in [5.74, 6) is 1.53. The van der Waals surface area contributed by atoms with Crippen LogP contribution in [0.25, 0.3) is 0 Å². The molecule has 0 aromatic heterocycles. The van der Waals surface area contributed by atoms with E-state index < -0.39 is 0 Å². The highest BCUT2D eigenvalue weighted by molar-refractivity contribution is 5.57. The molecule has 2 fully saturated rings. The zero-order valence-corrected chi connectivity index (χ0v) is 13.1. The Kier molecular flexibility index (Phi) is 3.66. The lowest BCUT2D eigenvalue weighted by Gasteiger charge is -2.47. The molecule has 2 aliphatic heterocycles. The van der Waals surface area contributed by atoms with Crippen LogP contribution in [0.1, 0.15) is 62.2 Å². The van der Waals surface area contributed by atoms with E-state index in [9.17, 15) is 0 Å². The molecular formula is C19H27NO. The average Bonchev–Trinajstić information content (AvgIpc) is 2.55. The highest BCUT2D eigenvalue weighted by Gasteiger charge is 2.42. The van der Waals surface area contributed by atoms with Gasteiger partial charge in [-0.25, -0.2) is 0 Å². The van der Waals surface area contributed by atoms with Gasteiger partial charge >= 0.3 is 0 Å². The Balaban J connectivity index is 1.68. The van der Waals surface area contributed by atoms with Gasteiger partial charge in [0, 0.05) is 29.8 Å². The van der Waals surface area contributed by atoms with Crippen molar-refractivity contribution in [2.45, 2.75) is 64.0 Å². The van der Waals surface area contributed by atoms with Gasteiger partial charge in [-0.05, 0) is 44.6 Å². The van der Waals surface area contributed by atoms with Crippen molar-refractivity contribution in [2.24, 2.45) is 11.8 Å². The third kappa shape index (κ3) is 2.48. The van der Waals surface area contributed by atoms with E-state index in [1.165, 1.54) is 61.8 Å². The van der Waals surface area contributed by atoms with Gasteiger partial charge in [-0.2, -0.15) is 0 Å². The maximum atomic E-state index is 6.24. The van der Waals surface area contributed by atoms with Crippen LogP contribution in [0.5, 0.6) is 0 Å². The van der Waals surface area contributed by atoms with Crippen LogP contribution in [0.15, 0.2) is 18.2 Å². The average molecular weight is 285 g/mol. The zero-order valence-electron chi connectivity index (χ0n) is 13.1. The molecule has 0 radical (unpaired) electrons. The Labute approximate surface area is 128 Å². The molecule has 4 rings (SSSR count). The normalized spacial score (nSPS) is 32.9. The number of hydrogen-bond acceptors (Lipinski definition) is 2. The number of ether oxygens (including phenoxy) is 1. The molecule has 0 bridgehead atoms. The summed E-state index contributed by atoms with van der Waals surface area (Å²) in [5, 5.41) is 3.91. The zero-order chi connectivity index (χ0) is 14.2. The van der Waals surface area contributed by atoms with Crippen LogP contribution in [-0.4, -0.2) is 12.6 Å². The van der Waals surface area contributed by atoms with E-state index >= 15 is 0 Å². The van der Waals surface area contributed by atoms with Gasteiger partial charge in [-0.15, -0.1) is 0 Å². The van der Waals surface area contributed by atoms with Crippen molar-refractivity contribution in [3.05, 3.63) is 29.3 Å². The van der Waals surface area contributed by atoms with Gasteiger partial charge in [0.25, 0.3) is 0 Å². The van der Waals surface area contributed by atoms with E-state index in [2.05, 4.69) is 30.4 Å². The molecule has 1 saturated heterocycles. The monoisotopic (exact) mass is 285 g/mol. The lowest BCUT2D eigenvalue weighted by molar-refractivity contribution is -0.0458. The van der Waals surface area contributed by atoms with E-state index in [4.69, 9.17) is 4.74 Å². The molecule has 3 unspecified atom stereocenters. The molecule has 2 heterocycles. The third-order valence-electron chi connectivity index (χ3n) is 5.82. The molecule has 0 amide bonds. The van der Waals surface area contributed by atoms with Crippen LogP contribution < -0.4 is 5.32 Å². The lowest BCUT2D eigenvalue weighted by atomic mass is 9.71. The van der Waals surface area contributed by atoms with E-state index in [-0.39, 0.29) is 0 Å². The van der Waals surface area contributed by atoms with Crippen LogP contribution in [0.4, 0.5) is 5.69 Å². The number of anilines is 1. The first-order valence-corrected chi connectivity index (χ1v) is 8.81. The maximum Gasteiger partial charge on any atom is 0.0892 e. The van der Waals surface area contributed by atoms with Gasteiger partial charge < -0.3 is 10.1 Å². The highest BCUT2D eigenvalue weighted by atomic mass is 16.5. The second kappa shape index (κ2) is 5.64. The number of aryl methyl sites for hydroxylation is 1. The van der Waals surface area contributed by atoms with Crippen molar-refractivity contribution >= 4 is 5.69 Å². The minimum atomic E-state index is 0.335. The SMILES string of the molecule is Cc1ccc2c(c1)C1OCCCC1C(C1CCCCC1)N2. The summed E-state index contributed by atoms with van der Waals surface area (Å²) in [7, 11) is 0. The molecule has 1 N–H and O–H groups in total. The van der Waals surface area contributed by atoms with Gasteiger partial charge in [0.05, 0.1) is 6.10 Å². The van der Waals surface area contributed by atoms with Crippen LogP contribution >= 0.6 is 0 Å². The largest absolute Gasteiger partial charge is 0.381 e. The molecule has 1 aliphatic carbocycles. The Bertz CT molecular complexity index is 506. The minimum Gasteiger partial charge on any atom is -0.381 e. The van der Waals surface area contributed by atoms with Crippen LogP contribution in [-0.2, 0) is 4.74 Å². The Hall–Kier alpha value is -1.02. The quantitative estimate of drug-likeness (QED) is 0.797. The fourth-order valence-electron chi connectivity index (χ4n) is 4.79. The molecule has 3 aliphatic rings. The molecule has 3 atom stereocenters. The fraction of sp³-hybridized carbons (Fsp3) is 0.684. The predicted molar refractivity (Wildman–Crippen MR) is 86.6 cm³/mol. The van der Waals surface area contributed by atoms with Gasteiger partial charge in [0.15, 0.2) is 0 Å². The smallest absolute Gasteiger partial charge is 0.0892 e. The summed E-state index contributed by atoms with van der Waals surface area (Å²) >= 11 is 0. The summed E-state index contributed by atoms with van der Waals surface area (Å²) in [6, 6.07) is 7.47. The molecule has 114 valence electrons. The van der Waals surface area contributed by atoms with E-state index in [0.717, 1.165) is 12.5 Å². The Morgan fingerprint density at radius 1 is 1.05 bits per heavy atom. The maximum absolute atomic E-state index is 6.24. The van der Waals surface area contributed by atoms with E-state index in [1.54, 1.807) is 0 Å². The van der Waals surface area contributed by atoms with Gasteiger partial charge in [-0.1, -0.05) is 37.0 Å². The molecule has 0 spiro atoms. The van der Waals surface area contributed by atoms with Crippen LogP contribution in [0.2, 0.25) is 0 Å². The second-order valence-corrected chi connectivity index (χ2v) is 7.26. The first-order chi connectivity index (χ1) is 10.3. The molecule has 1 aromatic carbocycles. The van der Waals surface area contributed by atoms with Crippen molar-refractivity contribution in [2.75, 3.05) is 11.9 Å². The van der Waals surface area contributed by atoms with Gasteiger partial charge in [0.1, 0.15) is 0 Å². The second-order valence-electron chi connectivity index (χ2n) is 7.26. The van der Waals surface area contributed by atoms with Crippen molar-refractivity contribution in [1.29, 1.82) is 0 Å². The number of fused-ring (bicyclic) bond motifs is 3. The van der Waals surface area contributed by atoms with E-state index in [1.807, 2.05) is 0 Å². The van der Waals surface area contributed by atoms with Crippen molar-refractivity contribution < 1.29 is 4.74 Å². The van der Waals surface area contributed by atoms with Crippen LogP contribution in [0.3, 0.4) is 0 Å². The molecule has 2 heteroatoms. The van der Waals surface area contributed by atoms with Gasteiger partial charge in [-0.3, -0.25) is 0 Å². The predicted octanol–water partition coefficient (Wildman–Crippen LogP) is 4.84. The minimum absolute atomic E-state index is 0.335. The van der Waals surface area contributed by atoms with Crippen molar-refractivity contribution in [3.8, 4) is 0 Å². The Morgan fingerprint density at radius 2 is 1.90 bits per heavy atom. The fourth-order valence-corrected chi connectivity index (χ4v) is 4.79. The number of rotatable bonds is 1. The molecule has 1 saturated carbocycles. The molecule has 1 aromatic rings. The summed E-state index contributed by atoms with van der Waals surface area (Å²) in [6.45, 7) is 3.12. The highest BCUT2D eigenvalue weighted by Crippen LogP contribution is 2.47. The first kappa shape index (κ1) is 13.6.